The monoisotopic (exact) mass is 329 g/mol. The van der Waals surface area contributed by atoms with E-state index in [4.69, 9.17) is 9.47 Å². The third kappa shape index (κ3) is 5.87. The lowest BCUT2D eigenvalue weighted by Gasteiger charge is -2.19. The predicted octanol–water partition coefficient (Wildman–Crippen LogP) is 4.01. The first-order chi connectivity index (χ1) is 11.4. The lowest BCUT2D eigenvalue weighted by molar-refractivity contribution is -0.0149. The Kier molecular flexibility index (Phi) is 6.23. The van der Waals surface area contributed by atoms with Crippen molar-refractivity contribution in [1.82, 2.24) is 5.32 Å². The van der Waals surface area contributed by atoms with Crippen molar-refractivity contribution in [1.29, 1.82) is 0 Å². The molecular formula is C20H27NO3. The van der Waals surface area contributed by atoms with Gasteiger partial charge in [-0.3, -0.25) is 0 Å². The maximum Gasteiger partial charge on any atom is 0.160 e. The van der Waals surface area contributed by atoms with E-state index in [2.05, 4.69) is 50.4 Å². The summed E-state index contributed by atoms with van der Waals surface area (Å²) in [6.07, 6.45) is 0. The van der Waals surface area contributed by atoms with Crippen molar-refractivity contribution >= 4 is 0 Å². The maximum atomic E-state index is 9.80. The zero-order valence-electron chi connectivity index (χ0n) is 14.9. The molecule has 24 heavy (non-hydrogen) atoms. The van der Waals surface area contributed by atoms with E-state index in [-0.39, 0.29) is 11.4 Å². The molecule has 2 N–H and O–H groups in total. The molecule has 0 unspecified atom stereocenters. The summed E-state index contributed by atoms with van der Waals surface area (Å²) in [6.45, 7) is 8.23. The summed E-state index contributed by atoms with van der Waals surface area (Å²) in [4.78, 5) is 0. The fraction of sp³-hybridized carbons (Fsp3) is 0.400. The number of aromatic hydroxyl groups is 1. The van der Waals surface area contributed by atoms with Gasteiger partial charge in [-0.05, 0) is 49.6 Å². The van der Waals surface area contributed by atoms with E-state index in [0.717, 1.165) is 12.1 Å². The molecule has 0 aliphatic heterocycles. The van der Waals surface area contributed by atoms with E-state index in [1.807, 2.05) is 6.07 Å². The second-order valence-electron chi connectivity index (χ2n) is 6.83. The highest BCUT2D eigenvalue weighted by Gasteiger charge is 2.10. The lowest BCUT2D eigenvalue weighted by atomic mass is 10.1. The largest absolute Gasteiger partial charge is 0.504 e. The summed E-state index contributed by atoms with van der Waals surface area (Å²) in [6, 6.07) is 13.8. The van der Waals surface area contributed by atoms with Crippen LogP contribution < -0.4 is 10.1 Å². The minimum absolute atomic E-state index is 0.134. The molecule has 2 aromatic rings. The van der Waals surface area contributed by atoms with Gasteiger partial charge in [-0.1, -0.05) is 30.3 Å². The number of phenols is 1. The first kappa shape index (κ1) is 18.3. The van der Waals surface area contributed by atoms with Crippen molar-refractivity contribution in [2.45, 2.75) is 46.1 Å². The zero-order chi connectivity index (χ0) is 17.6. The Morgan fingerprint density at radius 3 is 2.25 bits per heavy atom. The summed E-state index contributed by atoms with van der Waals surface area (Å²) in [5.41, 5.74) is 3.26. The van der Waals surface area contributed by atoms with Gasteiger partial charge < -0.3 is 19.9 Å². The van der Waals surface area contributed by atoms with Gasteiger partial charge in [0.2, 0.25) is 0 Å². The smallest absolute Gasteiger partial charge is 0.160 e. The van der Waals surface area contributed by atoms with Gasteiger partial charge in [0.1, 0.15) is 0 Å². The van der Waals surface area contributed by atoms with Crippen LogP contribution in [0.4, 0.5) is 0 Å². The molecule has 0 atom stereocenters. The van der Waals surface area contributed by atoms with Gasteiger partial charge in [-0.2, -0.15) is 0 Å². The number of methoxy groups -OCH3 is 1. The molecule has 0 aliphatic rings. The van der Waals surface area contributed by atoms with E-state index in [9.17, 15) is 5.11 Å². The fourth-order valence-electron chi connectivity index (χ4n) is 2.33. The number of benzene rings is 2. The molecule has 130 valence electrons. The molecule has 0 spiro atoms. The SMILES string of the molecule is COc1ccc(CNCc2cccc(COC(C)(C)C)c2)cc1O. The van der Waals surface area contributed by atoms with Crippen LogP contribution in [0.15, 0.2) is 42.5 Å². The zero-order valence-corrected chi connectivity index (χ0v) is 14.9. The molecule has 0 amide bonds. The third-order valence-electron chi connectivity index (χ3n) is 3.56. The van der Waals surface area contributed by atoms with Crippen LogP contribution in [0.2, 0.25) is 0 Å². The molecular weight excluding hydrogens is 302 g/mol. The molecule has 0 heterocycles. The summed E-state index contributed by atoms with van der Waals surface area (Å²) < 4.78 is 10.9. The van der Waals surface area contributed by atoms with E-state index in [1.165, 1.54) is 11.1 Å². The van der Waals surface area contributed by atoms with E-state index >= 15 is 0 Å². The van der Waals surface area contributed by atoms with Crippen molar-refractivity contribution in [2.24, 2.45) is 0 Å². The van der Waals surface area contributed by atoms with Crippen molar-refractivity contribution in [3.05, 3.63) is 59.2 Å². The van der Waals surface area contributed by atoms with Crippen LogP contribution in [0.3, 0.4) is 0 Å². The highest BCUT2D eigenvalue weighted by Crippen LogP contribution is 2.26. The van der Waals surface area contributed by atoms with Gasteiger partial charge in [-0.25, -0.2) is 0 Å². The Morgan fingerprint density at radius 2 is 1.62 bits per heavy atom. The average molecular weight is 329 g/mol. The maximum absolute atomic E-state index is 9.80. The molecule has 0 aliphatic carbocycles. The normalized spacial score (nSPS) is 11.5. The third-order valence-corrected chi connectivity index (χ3v) is 3.56. The van der Waals surface area contributed by atoms with Crippen LogP contribution in [0.1, 0.15) is 37.5 Å². The molecule has 0 saturated carbocycles. The molecule has 0 aromatic heterocycles. The summed E-state index contributed by atoms with van der Waals surface area (Å²) in [5.74, 6) is 0.656. The van der Waals surface area contributed by atoms with Crippen molar-refractivity contribution < 1.29 is 14.6 Å². The number of hydrogen-bond acceptors (Lipinski definition) is 4. The quantitative estimate of drug-likeness (QED) is 0.806. The molecule has 4 nitrogen and oxygen atoms in total. The summed E-state index contributed by atoms with van der Waals surface area (Å²) >= 11 is 0. The minimum atomic E-state index is -0.134. The van der Waals surface area contributed by atoms with Crippen molar-refractivity contribution in [2.75, 3.05) is 7.11 Å². The van der Waals surface area contributed by atoms with E-state index in [0.29, 0.717) is 18.9 Å². The van der Waals surface area contributed by atoms with Crippen LogP contribution in [0.5, 0.6) is 11.5 Å². The molecule has 0 saturated heterocycles. The highest BCUT2D eigenvalue weighted by molar-refractivity contribution is 5.41. The first-order valence-electron chi connectivity index (χ1n) is 8.16. The van der Waals surface area contributed by atoms with Gasteiger partial charge in [0.15, 0.2) is 11.5 Å². The Balaban J connectivity index is 1.87. The van der Waals surface area contributed by atoms with Crippen molar-refractivity contribution in [3.63, 3.8) is 0 Å². The standard InChI is InChI=1S/C20H27NO3/c1-20(2,3)24-14-17-7-5-6-15(10-17)12-21-13-16-8-9-19(23-4)18(22)11-16/h5-11,21-22H,12-14H2,1-4H3. The predicted molar refractivity (Wildman–Crippen MR) is 96.2 cm³/mol. The van der Waals surface area contributed by atoms with Crippen LogP contribution in [-0.2, 0) is 24.4 Å². The summed E-state index contributed by atoms with van der Waals surface area (Å²) in [5, 5.41) is 13.2. The second-order valence-corrected chi connectivity index (χ2v) is 6.83. The second kappa shape index (κ2) is 8.18. The molecule has 0 radical (unpaired) electrons. The molecule has 2 rings (SSSR count). The molecule has 4 heteroatoms. The lowest BCUT2D eigenvalue weighted by Crippen LogP contribution is -2.18. The van der Waals surface area contributed by atoms with Gasteiger partial charge in [-0.15, -0.1) is 0 Å². The number of nitrogens with one attached hydrogen (secondary N) is 1. The Hall–Kier alpha value is -2.04. The molecule has 0 bridgehead atoms. The van der Waals surface area contributed by atoms with Crippen LogP contribution in [0, 0.1) is 0 Å². The van der Waals surface area contributed by atoms with Gasteiger partial charge in [0.25, 0.3) is 0 Å². The van der Waals surface area contributed by atoms with E-state index < -0.39 is 0 Å². The number of ether oxygens (including phenoxy) is 2. The Morgan fingerprint density at radius 1 is 0.958 bits per heavy atom. The van der Waals surface area contributed by atoms with Gasteiger partial charge >= 0.3 is 0 Å². The number of phenolic OH excluding ortho intramolecular Hbond substituents is 1. The van der Waals surface area contributed by atoms with Crippen molar-refractivity contribution in [3.8, 4) is 11.5 Å². The Labute approximate surface area is 144 Å². The van der Waals surface area contributed by atoms with Gasteiger partial charge in [0.05, 0.1) is 19.3 Å². The topological polar surface area (TPSA) is 50.7 Å². The molecule has 0 fully saturated rings. The van der Waals surface area contributed by atoms with Crippen LogP contribution in [-0.4, -0.2) is 17.8 Å². The minimum Gasteiger partial charge on any atom is -0.504 e. The number of rotatable bonds is 7. The highest BCUT2D eigenvalue weighted by atomic mass is 16.5. The first-order valence-corrected chi connectivity index (χ1v) is 8.16. The average Bonchev–Trinajstić information content (AvgIpc) is 2.53. The molecule has 2 aromatic carbocycles. The van der Waals surface area contributed by atoms with Gasteiger partial charge in [0, 0.05) is 13.1 Å². The van der Waals surface area contributed by atoms with Crippen LogP contribution in [0.25, 0.3) is 0 Å². The Bertz CT molecular complexity index is 662. The van der Waals surface area contributed by atoms with E-state index in [1.54, 1.807) is 19.2 Å². The fourth-order valence-corrected chi connectivity index (χ4v) is 2.33. The van der Waals surface area contributed by atoms with Crippen LogP contribution >= 0.6 is 0 Å². The number of hydrogen-bond donors (Lipinski definition) is 2. The summed E-state index contributed by atoms with van der Waals surface area (Å²) in [7, 11) is 1.54.